The molecule has 0 spiro atoms. The molecule has 4 aromatic rings. The molecule has 3 aromatic heterocycles. The Balaban J connectivity index is 1.28. The molecule has 45 heavy (non-hydrogen) atoms. The van der Waals surface area contributed by atoms with Crippen molar-refractivity contribution in [3.8, 4) is 16.9 Å². The first kappa shape index (κ1) is 31.5. The van der Waals surface area contributed by atoms with Crippen LogP contribution in [0.5, 0.6) is 0 Å². The minimum atomic E-state index is -0.373. The number of aryl methyl sites for hydroxylation is 1. The quantitative estimate of drug-likeness (QED) is 0.194. The third kappa shape index (κ3) is 6.44. The van der Waals surface area contributed by atoms with Crippen molar-refractivity contribution in [1.29, 1.82) is 0 Å². The fraction of sp³-hybridized carbons (Fsp3) is 0.568. The van der Waals surface area contributed by atoms with Crippen LogP contribution >= 0.6 is 0 Å². The van der Waals surface area contributed by atoms with Gasteiger partial charge in [0.15, 0.2) is 0 Å². The summed E-state index contributed by atoms with van der Waals surface area (Å²) in [6, 6.07) is 10.6. The predicted molar refractivity (Wildman–Crippen MR) is 178 cm³/mol. The molecule has 6 rings (SSSR count). The molecule has 2 aliphatic carbocycles. The van der Waals surface area contributed by atoms with Crippen LogP contribution in [0.1, 0.15) is 113 Å². The zero-order chi connectivity index (χ0) is 31.7. The largest absolute Gasteiger partial charge is 0.466 e. The lowest BCUT2D eigenvalue weighted by Gasteiger charge is -2.27. The van der Waals surface area contributed by atoms with E-state index < -0.39 is 0 Å². The average Bonchev–Trinajstić information content (AvgIpc) is 3.61. The zero-order valence-corrected chi connectivity index (χ0v) is 27.6. The molecule has 8 heteroatoms. The lowest BCUT2D eigenvalue weighted by molar-refractivity contribution is -0.149. The highest BCUT2D eigenvalue weighted by molar-refractivity contribution is 5.94. The molecule has 2 saturated carbocycles. The molecule has 240 valence electrons. The Labute approximate surface area is 267 Å². The van der Waals surface area contributed by atoms with Gasteiger partial charge in [-0.15, -0.1) is 0 Å². The summed E-state index contributed by atoms with van der Waals surface area (Å²) in [5.74, 6) is 0.949. The Morgan fingerprint density at radius 2 is 1.76 bits per heavy atom. The van der Waals surface area contributed by atoms with Crippen LogP contribution in [-0.2, 0) is 16.1 Å². The molecule has 0 amide bonds. The smallest absolute Gasteiger partial charge is 0.308 e. The summed E-state index contributed by atoms with van der Waals surface area (Å²) < 4.78 is 9.25. The first-order valence-corrected chi connectivity index (χ1v) is 17.1. The van der Waals surface area contributed by atoms with Gasteiger partial charge in [0, 0.05) is 40.0 Å². The maximum absolute atomic E-state index is 12.2. The summed E-state index contributed by atoms with van der Waals surface area (Å²) in [6.45, 7) is 11.5. The van der Waals surface area contributed by atoms with Gasteiger partial charge in [-0.1, -0.05) is 45.2 Å². The number of hydrogen-bond acceptors (Lipinski definition) is 6. The molecule has 2 fully saturated rings. The van der Waals surface area contributed by atoms with Crippen molar-refractivity contribution in [3.05, 3.63) is 59.2 Å². The van der Waals surface area contributed by atoms with Gasteiger partial charge in [-0.2, -0.15) is 10.2 Å². The van der Waals surface area contributed by atoms with Crippen LogP contribution < -0.4 is 0 Å². The second-order valence-corrected chi connectivity index (χ2v) is 13.6. The van der Waals surface area contributed by atoms with E-state index in [1.165, 1.54) is 24.8 Å². The number of aromatic nitrogens is 5. The van der Waals surface area contributed by atoms with Gasteiger partial charge >= 0.3 is 5.97 Å². The lowest BCUT2D eigenvalue weighted by atomic mass is 9.80. The standard InChI is InChI=1S/C37H49N5O3/c1-6-45-37(44)28-17-15-26(16-18-28)31-19-20-33(24(4)38-31)42-25(5)35(23(2)3)36(40-42)29-13-10-14-32-30(29)21-41(39-32)22-34(43)27-11-8-7-9-12-27/h10,13-14,19-21,23,26-28,34,43H,6-9,11-12,15-18,22H2,1-5H3. The van der Waals surface area contributed by atoms with Gasteiger partial charge in [0.2, 0.25) is 0 Å². The van der Waals surface area contributed by atoms with E-state index in [1.54, 1.807) is 0 Å². The zero-order valence-electron chi connectivity index (χ0n) is 27.6. The summed E-state index contributed by atoms with van der Waals surface area (Å²) in [5, 5.41) is 22.2. The number of aliphatic hydroxyl groups is 1. The molecule has 0 bridgehead atoms. The van der Waals surface area contributed by atoms with Crippen LogP contribution in [0.2, 0.25) is 0 Å². The molecule has 1 atom stereocenters. The third-order valence-electron chi connectivity index (χ3n) is 10.2. The monoisotopic (exact) mass is 611 g/mol. The third-order valence-corrected chi connectivity index (χ3v) is 10.2. The Morgan fingerprint density at radius 3 is 2.44 bits per heavy atom. The maximum Gasteiger partial charge on any atom is 0.308 e. The molecular weight excluding hydrogens is 562 g/mol. The summed E-state index contributed by atoms with van der Waals surface area (Å²) >= 11 is 0. The van der Waals surface area contributed by atoms with E-state index in [2.05, 4.69) is 62.8 Å². The van der Waals surface area contributed by atoms with Crippen molar-refractivity contribution >= 4 is 16.9 Å². The van der Waals surface area contributed by atoms with E-state index in [0.717, 1.165) is 83.5 Å². The molecule has 3 heterocycles. The van der Waals surface area contributed by atoms with E-state index in [-0.39, 0.29) is 23.9 Å². The number of ether oxygens (including phenoxy) is 1. The second-order valence-electron chi connectivity index (χ2n) is 13.6. The number of aliphatic hydroxyl groups excluding tert-OH is 1. The molecule has 2 aliphatic rings. The maximum atomic E-state index is 12.2. The highest BCUT2D eigenvalue weighted by Gasteiger charge is 2.29. The minimum absolute atomic E-state index is 0.0136. The lowest BCUT2D eigenvalue weighted by Crippen LogP contribution is -2.27. The van der Waals surface area contributed by atoms with Gasteiger partial charge in [-0.05, 0) is 89.3 Å². The van der Waals surface area contributed by atoms with Crippen LogP contribution in [0, 0.1) is 25.7 Å². The van der Waals surface area contributed by atoms with Crippen molar-refractivity contribution in [3.63, 3.8) is 0 Å². The molecule has 1 aromatic carbocycles. The Kier molecular flexibility index (Phi) is 9.41. The van der Waals surface area contributed by atoms with Crippen molar-refractivity contribution in [2.45, 2.75) is 117 Å². The molecular formula is C37H49N5O3. The number of fused-ring (bicyclic) bond motifs is 1. The molecule has 0 radical (unpaired) electrons. The first-order valence-electron chi connectivity index (χ1n) is 17.1. The van der Waals surface area contributed by atoms with Gasteiger partial charge < -0.3 is 9.84 Å². The van der Waals surface area contributed by atoms with Gasteiger partial charge in [0.25, 0.3) is 0 Å². The number of pyridine rings is 1. The number of rotatable bonds is 9. The second kappa shape index (κ2) is 13.5. The SMILES string of the molecule is CCOC(=O)C1CCC(c2ccc(-n3nc(-c4cccc5nn(CC(O)C6CCCCC6)cc45)c(C(C)C)c3C)c(C)n2)CC1. The molecule has 8 nitrogen and oxygen atoms in total. The number of carbonyl (C=O) groups is 1. The van der Waals surface area contributed by atoms with Crippen LogP contribution in [0.4, 0.5) is 0 Å². The number of hydrogen-bond donors (Lipinski definition) is 1. The summed E-state index contributed by atoms with van der Waals surface area (Å²) in [5.41, 5.74) is 8.34. The van der Waals surface area contributed by atoms with Crippen LogP contribution in [-0.4, -0.2) is 48.3 Å². The number of nitrogens with zero attached hydrogens (tertiary/aromatic N) is 5. The van der Waals surface area contributed by atoms with Gasteiger partial charge in [-0.25, -0.2) is 4.68 Å². The van der Waals surface area contributed by atoms with Crippen LogP contribution in [0.3, 0.4) is 0 Å². The topological polar surface area (TPSA) is 95.1 Å². The number of esters is 1. The summed E-state index contributed by atoms with van der Waals surface area (Å²) in [6.07, 6.45) is 11.2. The van der Waals surface area contributed by atoms with Gasteiger partial charge in [0.1, 0.15) is 0 Å². The first-order chi connectivity index (χ1) is 21.7. The summed E-state index contributed by atoms with van der Waals surface area (Å²) in [4.78, 5) is 17.3. The van der Waals surface area contributed by atoms with Crippen molar-refractivity contribution < 1.29 is 14.6 Å². The molecule has 1 unspecified atom stereocenters. The van der Waals surface area contributed by atoms with E-state index in [1.807, 2.05) is 17.7 Å². The number of benzene rings is 1. The average molecular weight is 612 g/mol. The van der Waals surface area contributed by atoms with Gasteiger partial charge in [-0.3, -0.25) is 14.5 Å². The minimum Gasteiger partial charge on any atom is -0.466 e. The van der Waals surface area contributed by atoms with Crippen LogP contribution in [0.25, 0.3) is 27.8 Å². The summed E-state index contributed by atoms with van der Waals surface area (Å²) in [7, 11) is 0. The van der Waals surface area contributed by atoms with E-state index in [9.17, 15) is 9.90 Å². The highest BCUT2D eigenvalue weighted by Crippen LogP contribution is 2.39. The molecule has 0 aliphatic heterocycles. The molecule has 1 N–H and O–H groups in total. The predicted octanol–water partition coefficient (Wildman–Crippen LogP) is 7.80. The van der Waals surface area contributed by atoms with Crippen molar-refractivity contribution in [1.82, 2.24) is 24.5 Å². The Morgan fingerprint density at radius 1 is 1.00 bits per heavy atom. The van der Waals surface area contributed by atoms with Gasteiger partial charge in [0.05, 0.1) is 47.8 Å². The fourth-order valence-electron chi connectivity index (χ4n) is 7.80. The molecule has 0 saturated heterocycles. The fourth-order valence-corrected chi connectivity index (χ4v) is 7.80. The van der Waals surface area contributed by atoms with E-state index in [0.29, 0.717) is 25.0 Å². The van der Waals surface area contributed by atoms with Crippen molar-refractivity contribution in [2.75, 3.05) is 6.61 Å². The van der Waals surface area contributed by atoms with E-state index >= 15 is 0 Å². The van der Waals surface area contributed by atoms with Crippen LogP contribution in [0.15, 0.2) is 36.5 Å². The van der Waals surface area contributed by atoms with E-state index in [4.69, 9.17) is 19.9 Å². The highest BCUT2D eigenvalue weighted by atomic mass is 16.5. The Bertz CT molecular complexity index is 1640. The Hall–Kier alpha value is -3.52. The number of carbonyl (C=O) groups excluding carboxylic acids is 1. The normalized spacial score (nSPS) is 20.2. The van der Waals surface area contributed by atoms with Crippen molar-refractivity contribution in [2.24, 2.45) is 11.8 Å².